The van der Waals surface area contributed by atoms with Gasteiger partial charge in [0.1, 0.15) is 6.10 Å². The van der Waals surface area contributed by atoms with Gasteiger partial charge in [0.05, 0.1) is 0 Å². The third-order valence-corrected chi connectivity index (χ3v) is 5.42. The molecule has 0 saturated carbocycles. The van der Waals surface area contributed by atoms with Crippen molar-refractivity contribution >= 4 is 22.4 Å². The van der Waals surface area contributed by atoms with Crippen molar-refractivity contribution in [1.82, 2.24) is 4.98 Å². The summed E-state index contributed by atoms with van der Waals surface area (Å²) < 4.78 is 11.6. The Balaban J connectivity index is 1.43. The maximum absolute atomic E-state index is 12.7. The summed E-state index contributed by atoms with van der Waals surface area (Å²) in [5.41, 5.74) is 2.50. The van der Waals surface area contributed by atoms with E-state index in [-0.39, 0.29) is 12.0 Å². The lowest BCUT2D eigenvalue weighted by Crippen LogP contribution is -2.46. The zero-order chi connectivity index (χ0) is 18.8. The standard InChI is InChI=1S/C21H20N2O3S/c1-13-7-3-4-8-15(13)11-16-12-22-21(27-16)23-20(24)19-14(2)25-17-9-5-6-10-18(17)26-19/h3-10,12,14,19H,11H2,1-2H3,(H,22,23,24). The number of thiazole rings is 1. The molecule has 138 valence electrons. The van der Waals surface area contributed by atoms with Crippen molar-refractivity contribution in [3.8, 4) is 11.5 Å². The van der Waals surface area contributed by atoms with E-state index in [1.165, 1.54) is 22.5 Å². The van der Waals surface area contributed by atoms with Crippen LogP contribution in [0.1, 0.15) is 22.9 Å². The second-order valence-electron chi connectivity index (χ2n) is 6.53. The van der Waals surface area contributed by atoms with Crippen LogP contribution in [0.15, 0.2) is 54.7 Å². The highest BCUT2D eigenvalue weighted by molar-refractivity contribution is 7.15. The Kier molecular flexibility index (Phi) is 4.81. The van der Waals surface area contributed by atoms with E-state index in [1.807, 2.05) is 43.5 Å². The highest BCUT2D eigenvalue weighted by Crippen LogP contribution is 2.34. The third kappa shape index (κ3) is 3.80. The molecule has 5 nitrogen and oxygen atoms in total. The topological polar surface area (TPSA) is 60.5 Å². The summed E-state index contributed by atoms with van der Waals surface area (Å²) in [6.45, 7) is 3.92. The number of hydrogen-bond acceptors (Lipinski definition) is 5. The highest BCUT2D eigenvalue weighted by Gasteiger charge is 2.34. The summed E-state index contributed by atoms with van der Waals surface area (Å²) in [5, 5.41) is 3.42. The van der Waals surface area contributed by atoms with E-state index in [2.05, 4.69) is 29.4 Å². The predicted octanol–water partition coefficient (Wildman–Crippen LogP) is 4.21. The van der Waals surface area contributed by atoms with Gasteiger partial charge in [-0.25, -0.2) is 4.98 Å². The second kappa shape index (κ2) is 7.40. The molecule has 1 amide bonds. The Morgan fingerprint density at radius 1 is 1.11 bits per heavy atom. The first-order valence-electron chi connectivity index (χ1n) is 8.82. The fourth-order valence-corrected chi connectivity index (χ4v) is 3.86. The van der Waals surface area contributed by atoms with Crippen LogP contribution in [0, 0.1) is 6.92 Å². The predicted molar refractivity (Wildman–Crippen MR) is 106 cm³/mol. The van der Waals surface area contributed by atoms with Crippen molar-refractivity contribution in [3.05, 3.63) is 70.7 Å². The molecular formula is C21H20N2O3S. The molecule has 2 unspecified atom stereocenters. The van der Waals surface area contributed by atoms with Gasteiger partial charge in [0.25, 0.3) is 5.91 Å². The van der Waals surface area contributed by atoms with E-state index in [9.17, 15) is 4.79 Å². The zero-order valence-electron chi connectivity index (χ0n) is 15.1. The summed E-state index contributed by atoms with van der Waals surface area (Å²) in [6, 6.07) is 15.6. The van der Waals surface area contributed by atoms with Crippen LogP contribution in [-0.4, -0.2) is 23.1 Å². The number of fused-ring (bicyclic) bond motifs is 1. The molecule has 1 aliphatic rings. The van der Waals surface area contributed by atoms with Crippen LogP contribution in [0.25, 0.3) is 0 Å². The number of amides is 1. The summed E-state index contributed by atoms with van der Waals surface area (Å²) in [7, 11) is 0. The van der Waals surface area contributed by atoms with E-state index >= 15 is 0 Å². The van der Waals surface area contributed by atoms with Gasteiger partial charge in [-0.3, -0.25) is 10.1 Å². The number of nitrogens with one attached hydrogen (secondary N) is 1. The molecule has 2 atom stereocenters. The maximum atomic E-state index is 12.7. The molecule has 4 rings (SSSR count). The second-order valence-corrected chi connectivity index (χ2v) is 7.65. The molecule has 27 heavy (non-hydrogen) atoms. The number of aryl methyl sites for hydroxylation is 1. The SMILES string of the molecule is Cc1ccccc1Cc1cnc(NC(=O)C2Oc3ccccc3OC2C)s1. The van der Waals surface area contributed by atoms with Crippen molar-refractivity contribution in [2.75, 3.05) is 5.32 Å². The highest BCUT2D eigenvalue weighted by atomic mass is 32.1. The number of aromatic nitrogens is 1. The number of para-hydroxylation sites is 2. The van der Waals surface area contributed by atoms with E-state index in [4.69, 9.17) is 9.47 Å². The van der Waals surface area contributed by atoms with Crippen LogP contribution in [0.4, 0.5) is 5.13 Å². The van der Waals surface area contributed by atoms with Crippen LogP contribution in [0.3, 0.4) is 0 Å². The summed E-state index contributed by atoms with van der Waals surface area (Å²) in [5.74, 6) is 0.979. The van der Waals surface area contributed by atoms with Gasteiger partial charge in [-0.15, -0.1) is 11.3 Å². The van der Waals surface area contributed by atoms with E-state index in [0.29, 0.717) is 16.6 Å². The van der Waals surface area contributed by atoms with Crippen LogP contribution < -0.4 is 14.8 Å². The van der Waals surface area contributed by atoms with Gasteiger partial charge >= 0.3 is 0 Å². The zero-order valence-corrected chi connectivity index (χ0v) is 16.0. The number of carbonyl (C=O) groups is 1. The fourth-order valence-electron chi connectivity index (χ4n) is 3.03. The summed E-state index contributed by atoms with van der Waals surface area (Å²) in [6.07, 6.45) is 1.51. The van der Waals surface area contributed by atoms with Gasteiger partial charge in [0, 0.05) is 17.5 Å². The van der Waals surface area contributed by atoms with Gasteiger partial charge in [-0.2, -0.15) is 0 Å². The van der Waals surface area contributed by atoms with Crippen molar-refractivity contribution in [3.63, 3.8) is 0 Å². The van der Waals surface area contributed by atoms with Crippen molar-refractivity contribution in [1.29, 1.82) is 0 Å². The van der Waals surface area contributed by atoms with Crippen molar-refractivity contribution < 1.29 is 14.3 Å². The number of nitrogens with zero attached hydrogens (tertiary/aromatic N) is 1. The monoisotopic (exact) mass is 380 g/mol. The molecule has 0 saturated heterocycles. The van der Waals surface area contributed by atoms with Gasteiger partial charge < -0.3 is 9.47 Å². The first-order valence-corrected chi connectivity index (χ1v) is 9.64. The molecule has 3 aromatic rings. The minimum Gasteiger partial charge on any atom is -0.482 e. The Labute approximate surface area is 162 Å². The summed E-state index contributed by atoms with van der Waals surface area (Å²) in [4.78, 5) is 18.1. The van der Waals surface area contributed by atoms with E-state index in [0.717, 1.165) is 11.3 Å². The Morgan fingerprint density at radius 2 is 1.81 bits per heavy atom. The molecule has 0 aliphatic carbocycles. The lowest BCUT2D eigenvalue weighted by Gasteiger charge is -2.30. The van der Waals surface area contributed by atoms with Crippen molar-refractivity contribution in [2.24, 2.45) is 0 Å². The molecule has 1 aliphatic heterocycles. The van der Waals surface area contributed by atoms with E-state index in [1.54, 1.807) is 6.07 Å². The average Bonchev–Trinajstić information content (AvgIpc) is 3.10. The normalized spacial score (nSPS) is 18.1. The van der Waals surface area contributed by atoms with Gasteiger partial charge in [0.2, 0.25) is 6.10 Å². The number of rotatable bonds is 4. The Morgan fingerprint density at radius 3 is 2.59 bits per heavy atom. The van der Waals surface area contributed by atoms with Gasteiger partial charge in [-0.1, -0.05) is 36.4 Å². The molecule has 2 aromatic carbocycles. The lowest BCUT2D eigenvalue weighted by atomic mass is 10.1. The number of hydrogen-bond donors (Lipinski definition) is 1. The average molecular weight is 380 g/mol. The smallest absolute Gasteiger partial charge is 0.271 e. The number of carbonyl (C=O) groups excluding carboxylic acids is 1. The lowest BCUT2D eigenvalue weighted by molar-refractivity contribution is -0.128. The van der Waals surface area contributed by atoms with Crippen LogP contribution in [-0.2, 0) is 11.2 Å². The molecule has 0 fully saturated rings. The Hall–Kier alpha value is -2.86. The molecule has 0 radical (unpaired) electrons. The van der Waals surface area contributed by atoms with Crippen molar-refractivity contribution in [2.45, 2.75) is 32.5 Å². The molecule has 6 heteroatoms. The number of ether oxygens (including phenoxy) is 2. The Bertz CT molecular complexity index is 969. The molecule has 0 bridgehead atoms. The minimum atomic E-state index is -0.719. The largest absolute Gasteiger partial charge is 0.482 e. The van der Waals surface area contributed by atoms with Gasteiger partial charge in [0.15, 0.2) is 16.6 Å². The quantitative estimate of drug-likeness (QED) is 0.737. The van der Waals surface area contributed by atoms with Gasteiger partial charge in [-0.05, 0) is 37.1 Å². The first-order chi connectivity index (χ1) is 13.1. The molecule has 0 spiro atoms. The maximum Gasteiger partial charge on any atom is 0.271 e. The minimum absolute atomic E-state index is 0.256. The van der Waals surface area contributed by atoms with Crippen LogP contribution in [0.5, 0.6) is 11.5 Å². The van der Waals surface area contributed by atoms with Crippen LogP contribution >= 0.6 is 11.3 Å². The van der Waals surface area contributed by atoms with E-state index < -0.39 is 6.10 Å². The molecule has 2 heterocycles. The summed E-state index contributed by atoms with van der Waals surface area (Å²) >= 11 is 1.48. The number of benzene rings is 2. The van der Waals surface area contributed by atoms with Crippen LogP contribution in [0.2, 0.25) is 0 Å². The third-order valence-electron chi connectivity index (χ3n) is 4.51. The first kappa shape index (κ1) is 17.5. The fraction of sp³-hybridized carbons (Fsp3) is 0.238. The molecule has 1 aromatic heterocycles. The molecule has 1 N–H and O–H groups in total. The molecular weight excluding hydrogens is 360 g/mol. The number of anilines is 1.